The molecule has 0 saturated carbocycles. The standard InChI is InChI=1S/C12H13N3O5S/c1-6-7-3-8(21-12(7)14(2)13-6)11(20)15(4-9(16)17)5-10(18)19/h3H,4-5H2,1-2H3,(H,16,17)(H,18,19). The molecule has 0 aliphatic rings. The summed E-state index contributed by atoms with van der Waals surface area (Å²) in [7, 11) is 1.74. The minimum absolute atomic E-state index is 0.295. The Morgan fingerprint density at radius 1 is 1.29 bits per heavy atom. The highest BCUT2D eigenvalue weighted by Gasteiger charge is 2.24. The maximum Gasteiger partial charge on any atom is 0.323 e. The van der Waals surface area contributed by atoms with Gasteiger partial charge in [0.1, 0.15) is 17.9 Å². The number of aryl methyl sites for hydroxylation is 2. The van der Waals surface area contributed by atoms with Crippen molar-refractivity contribution < 1.29 is 24.6 Å². The highest BCUT2D eigenvalue weighted by molar-refractivity contribution is 7.20. The molecule has 0 aliphatic heterocycles. The van der Waals surface area contributed by atoms with Gasteiger partial charge in [-0.1, -0.05) is 0 Å². The van der Waals surface area contributed by atoms with E-state index in [0.717, 1.165) is 32.1 Å². The second-order valence-corrected chi connectivity index (χ2v) is 5.52. The molecule has 0 atom stereocenters. The van der Waals surface area contributed by atoms with Crippen molar-refractivity contribution in [2.45, 2.75) is 6.92 Å². The van der Waals surface area contributed by atoms with Crippen molar-refractivity contribution in [1.29, 1.82) is 0 Å². The summed E-state index contributed by atoms with van der Waals surface area (Å²) in [5, 5.41) is 22.6. The molecule has 2 aromatic heterocycles. The van der Waals surface area contributed by atoms with Crippen LogP contribution in [0.4, 0.5) is 0 Å². The molecule has 0 bridgehead atoms. The summed E-state index contributed by atoms with van der Waals surface area (Å²) in [6, 6.07) is 1.61. The molecule has 0 spiro atoms. The van der Waals surface area contributed by atoms with Gasteiger partial charge in [-0.2, -0.15) is 5.10 Å². The number of carbonyl (C=O) groups excluding carboxylic acids is 1. The minimum Gasteiger partial charge on any atom is -0.480 e. The average molecular weight is 311 g/mol. The molecule has 21 heavy (non-hydrogen) atoms. The van der Waals surface area contributed by atoms with Gasteiger partial charge >= 0.3 is 11.9 Å². The third kappa shape index (κ3) is 3.02. The molecule has 0 aromatic carbocycles. The molecule has 9 heteroatoms. The Hall–Kier alpha value is -2.42. The van der Waals surface area contributed by atoms with Crippen molar-refractivity contribution in [3.63, 3.8) is 0 Å². The number of nitrogens with zero attached hydrogens (tertiary/aromatic N) is 3. The number of hydrogen-bond acceptors (Lipinski definition) is 5. The molecule has 2 N–H and O–H groups in total. The molecule has 112 valence electrons. The number of thiophene rings is 1. The summed E-state index contributed by atoms with van der Waals surface area (Å²) >= 11 is 1.16. The smallest absolute Gasteiger partial charge is 0.323 e. The Balaban J connectivity index is 2.35. The number of carbonyl (C=O) groups is 3. The van der Waals surface area contributed by atoms with Crippen LogP contribution in [0.25, 0.3) is 10.2 Å². The first-order valence-corrected chi connectivity index (χ1v) is 6.77. The van der Waals surface area contributed by atoms with E-state index in [2.05, 4.69) is 5.10 Å². The van der Waals surface area contributed by atoms with E-state index in [1.165, 1.54) is 0 Å². The van der Waals surface area contributed by atoms with E-state index in [9.17, 15) is 14.4 Å². The van der Waals surface area contributed by atoms with E-state index in [1.807, 2.05) is 0 Å². The molecule has 0 saturated heterocycles. The second-order valence-electron chi connectivity index (χ2n) is 4.49. The van der Waals surface area contributed by atoms with Crippen LogP contribution >= 0.6 is 11.3 Å². The first-order valence-electron chi connectivity index (χ1n) is 5.95. The summed E-state index contributed by atoms with van der Waals surface area (Å²) in [5.74, 6) is -3.13. The number of rotatable bonds is 5. The van der Waals surface area contributed by atoms with Crippen molar-refractivity contribution in [3.05, 3.63) is 16.6 Å². The Morgan fingerprint density at radius 3 is 2.33 bits per heavy atom. The van der Waals surface area contributed by atoms with E-state index in [-0.39, 0.29) is 0 Å². The third-order valence-electron chi connectivity index (χ3n) is 2.85. The molecule has 1 amide bonds. The minimum atomic E-state index is -1.26. The quantitative estimate of drug-likeness (QED) is 0.834. The predicted octanol–water partition coefficient (Wildman–Crippen LogP) is 0.555. The molecule has 0 fully saturated rings. The van der Waals surface area contributed by atoms with Crippen molar-refractivity contribution >= 4 is 39.4 Å². The van der Waals surface area contributed by atoms with Crippen LogP contribution in [0.15, 0.2) is 6.07 Å². The maximum absolute atomic E-state index is 12.3. The lowest BCUT2D eigenvalue weighted by atomic mass is 10.3. The van der Waals surface area contributed by atoms with Crippen molar-refractivity contribution in [1.82, 2.24) is 14.7 Å². The van der Waals surface area contributed by atoms with E-state index in [4.69, 9.17) is 10.2 Å². The lowest BCUT2D eigenvalue weighted by Crippen LogP contribution is -2.39. The fraction of sp³-hybridized carbons (Fsp3) is 0.333. The maximum atomic E-state index is 12.3. The number of aliphatic carboxylic acids is 2. The van der Waals surface area contributed by atoms with Crippen molar-refractivity contribution in [2.24, 2.45) is 7.05 Å². The zero-order chi connectivity index (χ0) is 15.7. The normalized spacial score (nSPS) is 10.8. The monoisotopic (exact) mass is 311 g/mol. The van der Waals surface area contributed by atoms with Crippen LogP contribution in [0, 0.1) is 6.92 Å². The number of carboxylic acid groups (broad SMARTS) is 2. The Morgan fingerprint density at radius 2 is 1.86 bits per heavy atom. The second kappa shape index (κ2) is 5.52. The fourth-order valence-corrected chi connectivity index (χ4v) is 3.08. The zero-order valence-electron chi connectivity index (χ0n) is 11.4. The zero-order valence-corrected chi connectivity index (χ0v) is 12.2. The highest BCUT2D eigenvalue weighted by atomic mass is 32.1. The van der Waals surface area contributed by atoms with Gasteiger partial charge in [0.15, 0.2) is 0 Å². The molecular formula is C12H13N3O5S. The molecule has 8 nitrogen and oxygen atoms in total. The lowest BCUT2D eigenvalue weighted by Gasteiger charge is -2.17. The molecule has 2 aromatic rings. The highest BCUT2D eigenvalue weighted by Crippen LogP contribution is 2.28. The predicted molar refractivity (Wildman–Crippen MR) is 74.5 cm³/mol. The number of hydrogen-bond donors (Lipinski definition) is 2. The summed E-state index contributed by atoms with van der Waals surface area (Å²) in [6.45, 7) is 0.489. The van der Waals surface area contributed by atoms with Gasteiger partial charge in [-0.05, 0) is 13.0 Å². The summed E-state index contributed by atoms with van der Waals surface area (Å²) < 4.78 is 1.63. The first-order chi connectivity index (χ1) is 9.79. The van der Waals surface area contributed by atoms with Gasteiger partial charge in [-0.3, -0.25) is 19.1 Å². The van der Waals surface area contributed by atoms with Gasteiger partial charge < -0.3 is 15.1 Å². The van der Waals surface area contributed by atoms with Gasteiger partial charge in [0.25, 0.3) is 5.91 Å². The third-order valence-corrected chi connectivity index (χ3v) is 4.04. The molecule has 0 unspecified atom stereocenters. The largest absolute Gasteiger partial charge is 0.480 e. The number of aromatic nitrogens is 2. The Bertz CT molecular complexity index is 682. The SMILES string of the molecule is Cc1nn(C)c2sc(C(=O)N(CC(=O)O)CC(=O)O)cc12. The van der Waals surface area contributed by atoms with Crippen molar-refractivity contribution in [3.8, 4) is 0 Å². The number of amides is 1. The number of carboxylic acids is 2. The van der Waals surface area contributed by atoms with Gasteiger partial charge in [0.05, 0.1) is 10.6 Å². The van der Waals surface area contributed by atoms with Gasteiger partial charge in [0, 0.05) is 12.4 Å². The topological polar surface area (TPSA) is 113 Å². The summed E-state index contributed by atoms with van der Waals surface area (Å²) in [6.07, 6.45) is 0. The van der Waals surface area contributed by atoms with Crippen LogP contribution in [0.3, 0.4) is 0 Å². The van der Waals surface area contributed by atoms with E-state index >= 15 is 0 Å². The molecule has 2 rings (SSSR count). The number of fused-ring (bicyclic) bond motifs is 1. The van der Waals surface area contributed by atoms with Crippen LogP contribution in [0.1, 0.15) is 15.4 Å². The Kier molecular flexibility index (Phi) is 3.94. The van der Waals surface area contributed by atoms with E-state index in [0.29, 0.717) is 4.88 Å². The molecule has 0 aliphatic carbocycles. The van der Waals surface area contributed by atoms with Crippen molar-refractivity contribution in [2.75, 3.05) is 13.1 Å². The fourth-order valence-electron chi connectivity index (χ4n) is 1.99. The van der Waals surface area contributed by atoms with Crippen LogP contribution in [0.5, 0.6) is 0 Å². The van der Waals surface area contributed by atoms with Crippen LogP contribution < -0.4 is 0 Å². The van der Waals surface area contributed by atoms with Gasteiger partial charge in [0.2, 0.25) is 0 Å². The van der Waals surface area contributed by atoms with E-state index in [1.54, 1.807) is 24.7 Å². The summed E-state index contributed by atoms with van der Waals surface area (Å²) in [4.78, 5) is 35.7. The van der Waals surface area contributed by atoms with Gasteiger partial charge in [-0.25, -0.2) is 0 Å². The molecular weight excluding hydrogens is 298 g/mol. The van der Waals surface area contributed by atoms with E-state index < -0.39 is 30.9 Å². The first kappa shape index (κ1) is 15.0. The van der Waals surface area contributed by atoms with Crippen LogP contribution in [-0.4, -0.2) is 55.8 Å². The van der Waals surface area contributed by atoms with Crippen LogP contribution in [0.2, 0.25) is 0 Å². The lowest BCUT2D eigenvalue weighted by molar-refractivity contribution is -0.140. The molecule has 2 heterocycles. The summed E-state index contributed by atoms with van der Waals surface area (Å²) in [5.41, 5.74) is 0.755. The molecule has 0 radical (unpaired) electrons. The average Bonchev–Trinajstić information content (AvgIpc) is 2.89. The van der Waals surface area contributed by atoms with Gasteiger partial charge in [-0.15, -0.1) is 11.3 Å². The van der Waals surface area contributed by atoms with Crippen LogP contribution in [-0.2, 0) is 16.6 Å². The Labute approximate surface area is 123 Å².